The molecular formula is C24H35N5O2. The summed E-state index contributed by atoms with van der Waals surface area (Å²) < 4.78 is 5.69. The van der Waals surface area contributed by atoms with Crippen LogP contribution in [0.15, 0.2) is 52.1 Å². The fourth-order valence-corrected chi connectivity index (χ4v) is 4.00. The van der Waals surface area contributed by atoms with Crippen LogP contribution in [0.5, 0.6) is 0 Å². The van der Waals surface area contributed by atoms with Gasteiger partial charge < -0.3 is 20.0 Å². The number of carbonyl (C=O) groups is 1. The monoisotopic (exact) mass is 425 g/mol. The van der Waals surface area contributed by atoms with E-state index < -0.39 is 0 Å². The minimum Gasteiger partial charge on any atom is -0.468 e. The van der Waals surface area contributed by atoms with Gasteiger partial charge >= 0.3 is 0 Å². The Morgan fingerprint density at radius 1 is 1.13 bits per heavy atom. The number of nitrogens with zero attached hydrogens (tertiary/aromatic N) is 3. The fraction of sp³-hybridized carbons (Fsp3) is 0.500. The smallest absolute Gasteiger partial charge is 0.253 e. The molecule has 1 aliphatic rings. The predicted molar refractivity (Wildman–Crippen MR) is 124 cm³/mol. The second-order valence-electron chi connectivity index (χ2n) is 7.76. The van der Waals surface area contributed by atoms with Crippen LogP contribution in [-0.2, 0) is 6.54 Å². The van der Waals surface area contributed by atoms with E-state index in [1.165, 1.54) is 12.8 Å². The molecule has 2 heterocycles. The molecule has 2 N–H and O–H groups in total. The van der Waals surface area contributed by atoms with Gasteiger partial charge in [0.2, 0.25) is 0 Å². The molecule has 0 bridgehead atoms. The summed E-state index contributed by atoms with van der Waals surface area (Å²) in [5, 5.41) is 6.81. The third-order valence-corrected chi connectivity index (χ3v) is 5.85. The summed E-state index contributed by atoms with van der Waals surface area (Å²) in [7, 11) is 1.78. The predicted octanol–water partition coefficient (Wildman–Crippen LogP) is 3.26. The zero-order valence-corrected chi connectivity index (χ0v) is 18.9. The number of carbonyl (C=O) groups excluding carboxylic acids is 1. The number of hydrogen-bond donors (Lipinski definition) is 2. The Morgan fingerprint density at radius 2 is 1.84 bits per heavy atom. The molecule has 3 rings (SSSR count). The Labute approximate surface area is 185 Å². The summed E-state index contributed by atoms with van der Waals surface area (Å²) in [6.45, 7) is 8.99. The Balaban J connectivity index is 1.53. The molecule has 1 unspecified atom stereocenters. The maximum absolute atomic E-state index is 12.5. The second kappa shape index (κ2) is 11.6. The number of nitrogens with one attached hydrogen (secondary N) is 2. The van der Waals surface area contributed by atoms with Crippen molar-refractivity contribution in [3.05, 3.63) is 59.5 Å². The summed E-state index contributed by atoms with van der Waals surface area (Å²) >= 11 is 0. The lowest BCUT2D eigenvalue weighted by molar-refractivity contribution is 0.0773. The van der Waals surface area contributed by atoms with Crippen LogP contribution in [0.4, 0.5) is 0 Å². The number of guanidine groups is 1. The van der Waals surface area contributed by atoms with Crippen molar-refractivity contribution in [2.24, 2.45) is 4.99 Å². The molecule has 1 aliphatic heterocycles. The number of furan rings is 1. The van der Waals surface area contributed by atoms with Gasteiger partial charge in [0.05, 0.1) is 12.3 Å². The average Bonchev–Trinajstić information content (AvgIpc) is 3.52. The van der Waals surface area contributed by atoms with E-state index in [2.05, 4.69) is 20.5 Å². The van der Waals surface area contributed by atoms with E-state index in [1.807, 2.05) is 55.1 Å². The van der Waals surface area contributed by atoms with Crippen LogP contribution < -0.4 is 10.6 Å². The maximum atomic E-state index is 12.5. The zero-order chi connectivity index (χ0) is 22.1. The van der Waals surface area contributed by atoms with Crippen LogP contribution in [0.25, 0.3) is 0 Å². The van der Waals surface area contributed by atoms with Gasteiger partial charge in [-0.25, -0.2) is 0 Å². The lowest BCUT2D eigenvalue weighted by atomic mass is 10.1. The van der Waals surface area contributed by atoms with Gasteiger partial charge in [0.25, 0.3) is 5.91 Å². The lowest BCUT2D eigenvalue weighted by Gasteiger charge is -2.26. The first-order valence-electron chi connectivity index (χ1n) is 11.3. The molecule has 7 nitrogen and oxygen atoms in total. The molecular weight excluding hydrogens is 390 g/mol. The molecule has 1 aromatic heterocycles. The highest BCUT2D eigenvalue weighted by Crippen LogP contribution is 2.24. The van der Waals surface area contributed by atoms with E-state index in [4.69, 9.17) is 4.42 Å². The van der Waals surface area contributed by atoms with Gasteiger partial charge in [0.15, 0.2) is 5.96 Å². The van der Waals surface area contributed by atoms with E-state index in [-0.39, 0.29) is 11.9 Å². The first-order chi connectivity index (χ1) is 15.2. The first kappa shape index (κ1) is 22.9. The van der Waals surface area contributed by atoms with Crippen molar-refractivity contribution in [1.29, 1.82) is 0 Å². The van der Waals surface area contributed by atoms with Crippen molar-refractivity contribution >= 4 is 11.9 Å². The summed E-state index contributed by atoms with van der Waals surface area (Å²) in [5.74, 6) is 1.81. The molecule has 1 aromatic carbocycles. The molecule has 2 aromatic rings. The van der Waals surface area contributed by atoms with E-state index in [1.54, 1.807) is 13.3 Å². The molecule has 168 valence electrons. The van der Waals surface area contributed by atoms with Crippen LogP contribution >= 0.6 is 0 Å². The van der Waals surface area contributed by atoms with E-state index >= 15 is 0 Å². The maximum Gasteiger partial charge on any atom is 0.253 e. The van der Waals surface area contributed by atoms with E-state index in [0.29, 0.717) is 6.54 Å². The van der Waals surface area contributed by atoms with Gasteiger partial charge in [0.1, 0.15) is 5.76 Å². The quantitative estimate of drug-likeness (QED) is 0.477. The van der Waals surface area contributed by atoms with Crippen molar-refractivity contribution in [3.63, 3.8) is 0 Å². The van der Waals surface area contributed by atoms with Gasteiger partial charge in [0, 0.05) is 38.8 Å². The molecule has 1 saturated heterocycles. The van der Waals surface area contributed by atoms with E-state index in [9.17, 15) is 4.79 Å². The Bertz CT molecular complexity index is 822. The first-order valence-corrected chi connectivity index (χ1v) is 11.3. The molecule has 0 saturated carbocycles. The van der Waals surface area contributed by atoms with Gasteiger partial charge in [-0.15, -0.1) is 0 Å². The van der Waals surface area contributed by atoms with Gasteiger partial charge in [-0.3, -0.25) is 14.7 Å². The third-order valence-electron chi connectivity index (χ3n) is 5.85. The highest BCUT2D eigenvalue weighted by molar-refractivity contribution is 5.94. The summed E-state index contributed by atoms with van der Waals surface area (Å²) in [4.78, 5) is 21.1. The summed E-state index contributed by atoms with van der Waals surface area (Å²) in [6, 6.07) is 12.0. The number of amides is 1. The summed E-state index contributed by atoms with van der Waals surface area (Å²) in [6.07, 6.45) is 4.20. The Kier molecular flexibility index (Phi) is 8.53. The van der Waals surface area contributed by atoms with Crippen LogP contribution in [0.1, 0.15) is 54.4 Å². The number of rotatable bonds is 9. The molecule has 31 heavy (non-hydrogen) atoms. The molecule has 0 aliphatic carbocycles. The van der Waals surface area contributed by atoms with Crippen molar-refractivity contribution < 1.29 is 9.21 Å². The minimum absolute atomic E-state index is 0.0767. The topological polar surface area (TPSA) is 73.1 Å². The van der Waals surface area contributed by atoms with Crippen molar-refractivity contribution in [3.8, 4) is 0 Å². The van der Waals surface area contributed by atoms with Crippen LogP contribution in [0.2, 0.25) is 0 Å². The van der Waals surface area contributed by atoms with Gasteiger partial charge in [-0.2, -0.15) is 0 Å². The Morgan fingerprint density at radius 3 is 2.42 bits per heavy atom. The van der Waals surface area contributed by atoms with Crippen molar-refractivity contribution in [2.45, 2.75) is 39.3 Å². The molecule has 7 heteroatoms. The van der Waals surface area contributed by atoms with Gasteiger partial charge in [-0.1, -0.05) is 12.1 Å². The number of likely N-dealkylation sites (tertiary alicyclic amines) is 1. The largest absolute Gasteiger partial charge is 0.468 e. The number of benzene rings is 1. The number of aliphatic imine (C=N–C) groups is 1. The minimum atomic E-state index is 0.0767. The standard InChI is InChI=1S/C24H35N5O2/c1-4-28(5-2)23(30)20-12-10-19(11-13-20)17-26-24(25-3)27-18-21(22-9-8-16-31-22)29-14-6-7-15-29/h8-13,16,21H,4-7,14-15,17-18H2,1-3H3,(H2,25,26,27). The highest BCUT2D eigenvalue weighted by atomic mass is 16.3. The van der Waals surface area contributed by atoms with Crippen LogP contribution in [-0.4, -0.2) is 61.4 Å². The molecule has 1 amide bonds. The fourth-order valence-electron chi connectivity index (χ4n) is 4.00. The molecule has 1 atom stereocenters. The highest BCUT2D eigenvalue weighted by Gasteiger charge is 2.25. The van der Waals surface area contributed by atoms with Crippen molar-refractivity contribution in [1.82, 2.24) is 20.4 Å². The van der Waals surface area contributed by atoms with Crippen LogP contribution in [0.3, 0.4) is 0 Å². The third kappa shape index (κ3) is 6.10. The second-order valence-corrected chi connectivity index (χ2v) is 7.76. The van der Waals surface area contributed by atoms with E-state index in [0.717, 1.165) is 55.6 Å². The Hall–Kier alpha value is -2.80. The SMILES string of the molecule is CCN(CC)C(=O)c1ccc(CNC(=NC)NCC(c2ccco2)N2CCCC2)cc1. The van der Waals surface area contributed by atoms with Crippen molar-refractivity contribution in [2.75, 3.05) is 39.8 Å². The normalized spacial score (nSPS) is 15.6. The lowest BCUT2D eigenvalue weighted by Crippen LogP contribution is -2.42. The zero-order valence-electron chi connectivity index (χ0n) is 18.9. The summed E-state index contributed by atoms with van der Waals surface area (Å²) in [5.41, 5.74) is 1.82. The van der Waals surface area contributed by atoms with Gasteiger partial charge in [-0.05, 0) is 69.6 Å². The molecule has 0 spiro atoms. The molecule has 1 fully saturated rings. The number of hydrogen-bond acceptors (Lipinski definition) is 4. The molecule has 0 radical (unpaired) electrons. The average molecular weight is 426 g/mol. The van der Waals surface area contributed by atoms with Crippen LogP contribution in [0, 0.1) is 0 Å².